The average molecular weight is 244 g/mol. The van der Waals surface area contributed by atoms with Crippen LogP contribution in [0.15, 0.2) is 18.2 Å². The Bertz CT molecular complexity index is 381. The standard InChI is InChI=1S/C12H15ClFNO/c1-3-6-15-12(16)11(13)10-5-4-9(14)7-8(10)2/h4-5,7,11H,3,6H2,1-2H3,(H,15,16). The molecule has 0 fully saturated rings. The number of alkyl halides is 1. The van der Waals surface area contributed by atoms with E-state index in [9.17, 15) is 9.18 Å². The van der Waals surface area contributed by atoms with E-state index in [0.29, 0.717) is 17.7 Å². The Hall–Kier alpha value is -1.09. The van der Waals surface area contributed by atoms with Gasteiger partial charge in [0, 0.05) is 6.54 Å². The van der Waals surface area contributed by atoms with Crippen LogP contribution >= 0.6 is 11.6 Å². The second-order valence-corrected chi connectivity index (χ2v) is 4.09. The highest BCUT2D eigenvalue weighted by Gasteiger charge is 2.18. The van der Waals surface area contributed by atoms with Gasteiger partial charge in [0.05, 0.1) is 0 Å². The molecule has 1 amide bonds. The van der Waals surface area contributed by atoms with Crippen LogP contribution in [0.2, 0.25) is 0 Å². The molecule has 0 spiro atoms. The van der Waals surface area contributed by atoms with Crippen LogP contribution in [0, 0.1) is 12.7 Å². The first-order valence-electron chi connectivity index (χ1n) is 5.24. The Morgan fingerprint density at radius 3 is 2.81 bits per heavy atom. The molecule has 1 unspecified atom stereocenters. The number of carbonyl (C=O) groups excluding carboxylic acids is 1. The van der Waals surface area contributed by atoms with Gasteiger partial charge in [-0.05, 0) is 36.6 Å². The molecular weight excluding hydrogens is 229 g/mol. The molecule has 88 valence electrons. The Labute approximate surface area is 99.8 Å². The predicted octanol–water partition coefficient (Wildman–Crippen LogP) is 2.94. The summed E-state index contributed by atoms with van der Waals surface area (Å²) in [6, 6.07) is 4.23. The van der Waals surface area contributed by atoms with Crippen molar-refractivity contribution in [2.24, 2.45) is 0 Å². The maximum atomic E-state index is 12.9. The highest BCUT2D eigenvalue weighted by Crippen LogP contribution is 2.24. The smallest absolute Gasteiger partial charge is 0.242 e. The van der Waals surface area contributed by atoms with Crippen molar-refractivity contribution in [3.05, 3.63) is 35.1 Å². The molecule has 4 heteroatoms. The normalized spacial score (nSPS) is 12.2. The van der Waals surface area contributed by atoms with Crippen molar-refractivity contribution in [3.8, 4) is 0 Å². The van der Waals surface area contributed by atoms with E-state index in [1.807, 2.05) is 6.92 Å². The zero-order valence-electron chi connectivity index (χ0n) is 9.39. The molecule has 0 saturated carbocycles. The summed E-state index contributed by atoms with van der Waals surface area (Å²) in [4.78, 5) is 11.6. The fraction of sp³-hybridized carbons (Fsp3) is 0.417. The van der Waals surface area contributed by atoms with Crippen LogP contribution in [0.5, 0.6) is 0 Å². The van der Waals surface area contributed by atoms with E-state index in [1.165, 1.54) is 12.1 Å². The Morgan fingerprint density at radius 2 is 2.25 bits per heavy atom. The Morgan fingerprint density at radius 1 is 1.56 bits per heavy atom. The molecule has 1 rings (SSSR count). The molecule has 0 aliphatic rings. The summed E-state index contributed by atoms with van der Waals surface area (Å²) in [5, 5.41) is 1.95. The monoisotopic (exact) mass is 243 g/mol. The van der Waals surface area contributed by atoms with Crippen molar-refractivity contribution in [2.45, 2.75) is 25.6 Å². The zero-order chi connectivity index (χ0) is 12.1. The lowest BCUT2D eigenvalue weighted by molar-refractivity contribution is -0.120. The van der Waals surface area contributed by atoms with Gasteiger partial charge in [-0.25, -0.2) is 4.39 Å². The van der Waals surface area contributed by atoms with E-state index in [-0.39, 0.29) is 11.7 Å². The molecule has 1 atom stereocenters. The summed E-state index contributed by atoms with van der Waals surface area (Å²) in [6.07, 6.45) is 0.859. The molecule has 0 heterocycles. The van der Waals surface area contributed by atoms with Gasteiger partial charge in [0.25, 0.3) is 0 Å². The van der Waals surface area contributed by atoms with Crippen LogP contribution in [0.4, 0.5) is 4.39 Å². The van der Waals surface area contributed by atoms with Gasteiger partial charge in [-0.3, -0.25) is 4.79 Å². The van der Waals surface area contributed by atoms with Crippen LogP contribution in [0.3, 0.4) is 0 Å². The first kappa shape index (κ1) is 13.0. The number of halogens is 2. The van der Waals surface area contributed by atoms with Gasteiger partial charge in [0.15, 0.2) is 0 Å². The number of nitrogens with one attached hydrogen (secondary N) is 1. The Kier molecular flexibility index (Phi) is 4.74. The topological polar surface area (TPSA) is 29.1 Å². The number of hydrogen-bond acceptors (Lipinski definition) is 1. The number of rotatable bonds is 4. The minimum absolute atomic E-state index is 0.238. The molecule has 0 aliphatic heterocycles. The molecule has 0 aliphatic carbocycles. The molecule has 0 bridgehead atoms. The molecule has 0 radical (unpaired) electrons. The summed E-state index contributed by atoms with van der Waals surface area (Å²) < 4.78 is 12.9. The summed E-state index contributed by atoms with van der Waals surface area (Å²) in [7, 11) is 0. The van der Waals surface area contributed by atoms with Crippen molar-refractivity contribution in [1.29, 1.82) is 0 Å². The molecule has 0 aromatic heterocycles. The van der Waals surface area contributed by atoms with Gasteiger partial charge in [-0.2, -0.15) is 0 Å². The SMILES string of the molecule is CCCNC(=O)C(Cl)c1ccc(F)cc1C. The third kappa shape index (κ3) is 3.20. The Balaban J connectivity index is 2.79. The summed E-state index contributed by atoms with van der Waals surface area (Å²) in [6.45, 7) is 4.30. The lowest BCUT2D eigenvalue weighted by Gasteiger charge is -2.12. The summed E-state index contributed by atoms with van der Waals surface area (Å²) in [5.74, 6) is -0.558. The van der Waals surface area contributed by atoms with Gasteiger partial charge in [0.2, 0.25) is 5.91 Å². The number of benzene rings is 1. The van der Waals surface area contributed by atoms with Crippen LogP contribution in [-0.2, 0) is 4.79 Å². The molecule has 1 aromatic rings. The quantitative estimate of drug-likeness (QED) is 0.810. The number of aryl methyl sites for hydroxylation is 1. The zero-order valence-corrected chi connectivity index (χ0v) is 10.1. The number of hydrogen-bond donors (Lipinski definition) is 1. The fourth-order valence-corrected chi connectivity index (χ4v) is 1.72. The van der Waals surface area contributed by atoms with Crippen LogP contribution in [0.25, 0.3) is 0 Å². The van der Waals surface area contributed by atoms with E-state index < -0.39 is 5.38 Å². The van der Waals surface area contributed by atoms with Crippen molar-refractivity contribution < 1.29 is 9.18 Å². The van der Waals surface area contributed by atoms with E-state index in [0.717, 1.165) is 6.42 Å². The van der Waals surface area contributed by atoms with Crippen LogP contribution in [-0.4, -0.2) is 12.5 Å². The molecule has 2 nitrogen and oxygen atoms in total. The lowest BCUT2D eigenvalue weighted by Crippen LogP contribution is -2.27. The van der Waals surface area contributed by atoms with E-state index >= 15 is 0 Å². The van der Waals surface area contributed by atoms with E-state index in [1.54, 1.807) is 13.0 Å². The van der Waals surface area contributed by atoms with Crippen molar-refractivity contribution in [3.63, 3.8) is 0 Å². The molecule has 0 saturated heterocycles. The van der Waals surface area contributed by atoms with Crippen molar-refractivity contribution in [1.82, 2.24) is 5.32 Å². The molecule has 1 aromatic carbocycles. The second kappa shape index (κ2) is 5.85. The first-order chi connectivity index (χ1) is 7.56. The van der Waals surface area contributed by atoms with Gasteiger partial charge in [0.1, 0.15) is 11.2 Å². The average Bonchev–Trinajstić information content (AvgIpc) is 2.25. The van der Waals surface area contributed by atoms with E-state index in [4.69, 9.17) is 11.6 Å². The fourth-order valence-electron chi connectivity index (χ4n) is 1.40. The van der Waals surface area contributed by atoms with E-state index in [2.05, 4.69) is 5.32 Å². The highest BCUT2D eigenvalue weighted by molar-refractivity contribution is 6.30. The number of amides is 1. The van der Waals surface area contributed by atoms with Crippen molar-refractivity contribution >= 4 is 17.5 Å². The predicted molar refractivity (Wildman–Crippen MR) is 63.0 cm³/mol. The van der Waals surface area contributed by atoms with Gasteiger partial charge in [-0.1, -0.05) is 13.0 Å². The van der Waals surface area contributed by atoms with Gasteiger partial charge < -0.3 is 5.32 Å². The maximum Gasteiger partial charge on any atom is 0.242 e. The largest absolute Gasteiger partial charge is 0.355 e. The minimum atomic E-state index is -0.757. The lowest BCUT2D eigenvalue weighted by atomic mass is 10.0. The highest BCUT2D eigenvalue weighted by atomic mass is 35.5. The van der Waals surface area contributed by atoms with Crippen LogP contribution in [0.1, 0.15) is 29.8 Å². The second-order valence-electron chi connectivity index (χ2n) is 3.65. The summed E-state index contributed by atoms with van der Waals surface area (Å²) in [5.41, 5.74) is 1.34. The molecule has 1 N–H and O–H groups in total. The minimum Gasteiger partial charge on any atom is -0.355 e. The first-order valence-corrected chi connectivity index (χ1v) is 5.67. The third-order valence-corrected chi connectivity index (χ3v) is 2.72. The van der Waals surface area contributed by atoms with Crippen LogP contribution < -0.4 is 5.32 Å². The maximum absolute atomic E-state index is 12.9. The molecular formula is C12H15ClFNO. The summed E-state index contributed by atoms with van der Waals surface area (Å²) >= 11 is 6.02. The van der Waals surface area contributed by atoms with Gasteiger partial charge >= 0.3 is 0 Å². The molecule has 16 heavy (non-hydrogen) atoms. The van der Waals surface area contributed by atoms with Gasteiger partial charge in [-0.15, -0.1) is 11.6 Å². The van der Waals surface area contributed by atoms with Crippen molar-refractivity contribution in [2.75, 3.05) is 6.54 Å². The third-order valence-electron chi connectivity index (χ3n) is 2.28. The number of carbonyl (C=O) groups is 1.